The van der Waals surface area contributed by atoms with E-state index in [2.05, 4.69) is 19.2 Å². The highest BCUT2D eigenvalue weighted by atomic mass is 16.5. The highest BCUT2D eigenvalue weighted by molar-refractivity contribution is 6.01. The van der Waals surface area contributed by atoms with Crippen LogP contribution in [0, 0.1) is 5.92 Å². The zero-order chi connectivity index (χ0) is 15.7. The summed E-state index contributed by atoms with van der Waals surface area (Å²) in [4.78, 5) is 12.4. The van der Waals surface area contributed by atoms with Crippen molar-refractivity contribution < 1.29 is 9.53 Å². The maximum Gasteiger partial charge on any atom is 0.257 e. The highest BCUT2D eigenvalue weighted by Crippen LogP contribution is 2.24. The Morgan fingerprint density at radius 3 is 2.71 bits per heavy atom. The van der Waals surface area contributed by atoms with E-state index in [9.17, 15) is 4.79 Å². The first kappa shape index (κ1) is 17.3. The van der Waals surface area contributed by atoms with Crippen molar-refractivity contribution in [1.29, 1.82) is 0 Å². The molecule has 0 spiro atoms. The van der Waals surface area contributed by atoms with Crippen molar-refractivity contribution >= 4 is 11.6 Å². The van der Waals surface area contributed by atoms with E-state index >= 15 is 0 Å². The Morgan fingerprint density at radius 2 is 2.10 bits per heavy atom. The molecule has 118 valence electrons. The summed E-state index contributed by atoms with van der Waals surface area (Å²) < 4.78 is 5.50. The molecule has 0 bridgehead atoms. The number of nitrogen functional groups attached to an aromatic ring is 1. The molecule has 0 heterocycles. The third-order valence-corrected chi connectivity index (χ3v) is 3.68. The average Bonchev–Trinajstić information content (AvgIpc) is 2.47. The highest BCUT2D eigenvalue weighted by Gasteiger charge is 2.17. The monoisotopic (exact) mass is 292 g/mol. The van der Waals surface area contributed by atoms with Gasteiger partial charge >= 0.3 is 0 Å². The van der Waals surface area contributed by atoms with Crippen LogP contribution in [0.3, 0.4) is 0 Å². The average molecular weight is 292 g/mol. The number of hydrogen-bond donors (Lipinski definition) is 2. The molecule has 4 heteroatoms. The summed E-state index contributed by atoms with van der Waals surface area (Å²) in [6, 6.07) is 5.31. The minimum atomic E-state index is -0.147. The standard InChI is InChI=1S/C17H28N2O2/c1-4-7-9-13(5-2)12-19-17(20)16-14(18)10-8-11-15(16)21-6-3/h8,10-11,13H,4-7,9,12,18H2,1-3H3,(H,19,20). The topological polar surface area (TPSA) is 64.4 Å². The van der Waals surface area contributed by atoms with Gasteiger partial charge in [-0.1, -0.05) is 39.2 Å². The van der Waals surface area contributed by atoms with Crippen LogP contribution in [-0.4, -0.2) is 19.1 Å². The van der Waals surface area contributed by atoms with Crippen LogP contribution in [0.15, 0.2) is 18.2 Å². The molecular formula is C17H28N2O2. The molecular weight excluding hydrogens is 264 g/mol. The van der Waals surface area contributed by atoms with Crippen LogP contribution in [0.4, 0.5) is 5.69 Å². The zero-order valence-corrected chi connectivity index (χ0v) is 13.4. The second kappa shape index (κ2) is 9.27. The quantitative estimate of drug-likeness (QED) is 0.683. The minimum absolute atomic E-state index is 0.147. The van der Waals surface area contributed by atoms with Crippen LogP contribution in [0.1, 0.15) is 56.8 Å². The molecule has 1 rings (SSSR count). The van der Waals surface area contributed by atoms with Gasteiger partial charge in [-0.3, -0.25) is 4.79 Å². The minimum Gasteiger partial charge on any atom is -0.493 e. The number of benzene rings is 1. The van der Waals surface area contributed by atoms with Gasteiger partial charge in [-0.2, -0.15) is 0 Å². The summed E-state index contributed by atoms with van der Waals surface area (Å²) in [5.41, 5.74) is 6.84. The summed E-state index contributed by atoms with van der Waals surface area (Å²) in [6.45, 7) is 7.44. The number of unbranched alkanes of at least 4 members (excludes halogenated alkanes) is 1. The fourth-order valence-electron chi connectivity index (χ4n) is 2.34. The van der Waals surface area contributed by atoms with Crippen LogP contribution >= 0.6 is 0 Å². The molecule has 0 aliphatic heterocycles. The lowest BCUT2D eigenvalue weighted by molar-refractivity contribution is 0.0943. The summed E-state index contributed by atoms with van der Waals surface area (Å²) in [7, 11) is 0. The maximum absolute atomic E-state index is 12.4. The van der Waals surface area contributed by atoms with E-state index in [0.717, 1.165) is 12.8 Å². The van der Waals surface area contributed by atoms with E-state index in [4.69, 9.17) is 10.5 Å². The Hall–Kier alpha value is -1.71. The van der Waals surface area contributed by atoms with Crippen molar-refractivity contribution in [3.63, 3.8) is 0 Å². The first-order valence-corrected chi connectivity index (χ1v) is 7.93. The van der Waals surface area contributed by atoms with Crippen molar-refractivity contribution in [2.75, 3.05) is 18.9 Å². The Bertz CT molecular complexity index is 446. The van der Waals surface area contributed by atoms with Crippen molar-refractivity contribution in [3.8, 4) is 5.75 Å². The molecule has 21 heavy (non-hydrogen) atoms. The van der Waals surface area contributed by atoms with E-state index in [1.165, 1.54) is 12.8 Å². The number of rotatable bonds is 9. The van der Waals surface area contributed by atoms with Gasteiger partial charge in [0.1, 0.15) is 11.3 Å². The van der Waals surface area contributed by atoms with E-state index in [1.54, 1.807) is 18.2 Å². The summed E-state index contributed by atoms with van der Waals surface area (Å²) >= 11 is 0. The smallest absolute Gasteiger partial charge is 0.257 e. The number of nitrogens with two attached hydrogens (primary N) is 1. The Kier molecular flexibility index (Phi) is 7.65. The predicted octanol–water partition coefficient (Wildman–Crippen LogP) is 3.61. The lowest BCUT2D eigenvalue weighted by atomic mass is 9.99. The summed E-state index contributed by atoms with van der Waals surface area (Å²) in [5.74, 6) is 0.928. The van der Waals surface area contributed by atoms with Gasteiger partial charge in [0, 0.05) is 12.2 Å². The maximum atomic E-state index is 12.4. The van der Waals surface area contributed by atoms with Gasteiger partial charge in [-0.05, 0) is 31.4 Å². The number of hydrogen-bond acceptors (Lipinski definition) is 3. The molecule has 0 fully saturated rings. The van der Waals surface area contributed by atoms with E-state index < -0.39 is 0 Å². The van der Waals surface area contributed by atoms with Gasteiger partial charge in [0.05, 0.1) is 6.61 Å². The van der Waals surface area contributed by atoms with Crippen molar-refractivity contribution in [2.45, 2.75) is 46.5 Å². The predicted molar refractivity (Wildman–Crippen MR) is 87.7 cm³/mol. The van der Waals surface area contributed by atoms with E-state index in [0.29, 0.717) is 36.1 Å². The molecule has 1 atom stereocenters. The molecule has 3 N–H and O–H groups in total. The molecule has 1 aromatic rings. The normalized spacial score (nSPS) is 12.0. The molecule has 0 radical (unpaired) electrons. The van der Waals surface area contributed by atoms with Crippen LogP contribution in [0.5, 0.6) is 5.75 Å². The number of anilines is 1. The lowest BCUT2D eigenvalue weighted by Gasteiger charge is -2.17. The molecule has 0 aliphatic carbocycles. The third kappa shape index (κ3) is 5.29. The lowest BCUT2D eigenvalue weighted by Crippen LogP contribution is -2.30. The fraction of sp³-hybridized carbons (Fsp3) is 0.588. The summed E-state index contributed by atoms with van der Waals surface area (Å²) in [5, 5.41) is 3.00. The van der Waals surface area contributed by atoms with Gasteiger partial charge < -0.3 is 15.8 Å². The number of ether oxygens (including phenoxy) is 1. The van der Waals surface area contributed by atoms with E-state index in [-0.39, 0.29) is 5.91 Å². The molecule has 1 unspecified atom stereocenters. The molecule has 1 amide bonds. The number of carbonyl (C=O) groups is 1. The van der Waals surface area contributed by atoms with Crippen molar-refractivity contribution in [2.24, 2.45) is 5.92 Å². The van der Waals surface area contributed by atoms with Gasteiger partial charge in [0.25, 0.3) is 5.91 Å². The number of amides is 1. The third-order valence-electron chi connectivity index (χ3n) is 3.68. The van der Waals surface area contributed by atoms with Crippen LogP contribution in [0.2, 0.25) is 0 Å². The first-order valence-electron chi connectivity index (χ1n) is 7.93. The number of carbonyl (C=O) groups excluding carboxylic acids is 1. The largest absolute Gasteiger partial charge is 0.493 e. The van der Waals surface area contributed by atoms with Crippen LogP contribution < -0.4 is 15.8 Å². The number of nitrogens with one attached hydrogen (secondary N) is 1. The van der Waals surface area contributed by atoms with Crippen LogP contribution in [-0.2, 0) is 0 Å². The van der Waals surface area contributed by atoms with Gasteiger partial charge in [-0.15, -0.1) is 0 Å². The Morgan fingerprint density at radius 1 is 1.33 bits per heavy atom. The van der Waals surface area contributed by atoms with E-state index in [1.807, 2.05) is 6.92 Å². The molecule has 1 aromatic carbocycles. The summed E-state index contributed by atoms with van der Waals surface area (Å²) in [6.07, 6.45) is 4.61. The Balaban J connectivity index is 2.70. The Labute approximate surface area is 128 Å². The molecule has 4 nitrogen and oxygen atoms in total. The molecule has 0 aromatic heterocycles. The molecule has 0 saturated heterocycles. The van der Waals surface area contributed by atoms with Crippen molar-refractivity contribution in [1.82, 2.24) is 5.32 Å². The second-order valence-electron chi connectivity index (χ2n) is 5.28. The van der Waals surface area contributed by atoms with Gasteiger partial charge in [0.2, 0.25) is 0 Å². The van der Waals surface area contributed by atoms with Gasteiger partial charge in [-0.25, -0.2) is 0 Å². The second-order valence-corrected chi connectivity index (χ2v) is 5.28. The van der Waals surface area contributed by atoms with Crippen molar-refractivity contribution in [3.05, 3.63) is 23.8 Å². The molecule has 0 saturated carbocycles. The zero-order valence-electron chi connectivity index (χ0n) is 13.4. The first-order chi connectivity index (χ1) is 10.1. The van der Waals surface area contributed by atoms with Gasteiger partial charge in [0.15, 0.2) is 0 Å². The fourth-order valence-corrected chi connectivity index (χ4v) is 2.34. The SMILES string of the molecule is CCCCC(CC)CNC(=O)c1c(N)cccc1OCC. The molecule has 0 aliphatic rings. The van der Waals surface area contributed by atoms with Crippen LogP contribution in [0.25, 0.3) is 0 Å².